The Balaban J connectivity index is 1.41. The summed E-state index contributed by atoms with van der Waals surface area (Å²) in [5.41, 5.74) is 7.66. The molecule has 1 aliphatic rings. The van der Waals surface area contributed by atoms with Crippen molar-refractivity contribution < 1.29 is 4.79 Å². The molecule has 3 aromatic carbocycles. The third-order valence-corrected chi connectivity index (χ3v) is 6.87. The van der Waals surface area contributed by atoms with Gasteiger partial charge in [-0.3, -0.25) is 4.79 Å². The van der Waals surface area contributed by atoms with E-state index in [4.69, 9.17) is 4.98 Å². The van der Waals surface area contributed by atoms with E-state index in [1.54, 1.807) is 0 Å². The molecule has 168 valence electrons. The van der Waals surface area contributed by atoms with Crippen LogP contribution in [0.4, 0.5) is 11.4 Å². The molecule has 0 radical (unpaired) electrons. The van der Waals surface area contributed by atoms with E-state index in [2.05, 4.69) is 51.6 Å². The maximum absolute atomic E-state index is 13.4. The molecule has 1 aliphatic heterocycles. The number of aromatic nitrogens is 2. The first-order valence-electron chi connectivity index (χ1n) is 11.7. The van der Waals surface area contributed by atoms with Crippen molar-refractivity contribution in [3.05, 3.63) is 101 Å². The quantitative estimate of drug-likeness (QED) is 0.346. The lowest BCUT2D eigenvalue weighted by atomic mass is 9.93. The number of rotatable bonds is 4. The van der Waals surface area contributed by atoms with Crippen molar-refractivity contribution in [2.75, 3.05) is 23.3 Å². The molecule has 2 aromatic heterocycles. The summed E-state index contributed by atoms with van der Waals surface area (Å²) in [5, 5.41) is 5.27. The van der Waals surface area contributed by atoms with E-state index in [1.807, 2.05) is 56.3 Å². The van der Waals surface area contributed by atoms with Crippen LogP contribution in [0, 0.1) is 13.8 Å². The van der Waals surface area contributed by atoms with E-state index >= 15 is 0 Å². The predicted octanol–water partition coefficient (Wildman–Crippen LogP) is 6.19. The fraction of sp³-hybridized carbons (Fsp3) is 0.172. The van der Waals surface area contributed by atoms with Crippen LogP contribution in [0.25, 0.3) is 21.8 Å². The molecule has 1 saturated heterocycles. The second-order valence-corrected chi connectivity index (χ2v) is 9.14. The molecule has 5 nitrogen and oxygen atoms in total. The number of anilines is 2. The number of aromatic amines is 1. The summed E-state index contributed by atoms with van der Waals surface area (Å²) in [7, 11) is 0. The van der Waals surface area contributed by atoms with Gasteiger partial charge in [-0.15, -0.1) is 0 Å². The summed E-state index contributed by atoms with van der Waals surface area (Å²) in [4.78, 5) is 24.2. The number of carbonyl (C=O) groups is 1. The van der Waals surface area contributed by atoms with Crippen molar-refractivity contribution >= 4 is 39.1 Å². The number of nitrogens with zero attached hydrogens (tertiary/aromatic N) is 2. The minimum atomic E-state index is -0.176. The molecule has 2 N–H and O–H groups in total. The van der Waals surface area contributed by atoms with Gasteiger partial charge in [0.1, 0.15) is 5.69 Å². The number of benzene rings is 3. The Bertz CT molecular complexity index is 1510. The second-order valence-electron chi connectivity index (χ2n) is 9.14. The summed E-state index contributed by atoms with van der Waals surface area (Å²) in [6.07, 6.45) is 0. The molecule has 34 heavy (non-hydrogen) atoms. The zero-order chi connectivity index (χ0) is 23.2. The molecular formula is C29H26N4O. The highest BCUT2D eigenvalue weighted by molar-refractivity contribution is 6.12. The number of carbonyl (C=O) groups excluding carboxylic acids is 1. The van der Waals surface area contributed by atoms with Gasteiger partial charge in [0.15, 0.2) is 0 Å². The van der Waals surface area contributed by atoms with E-state index in [0.29, 0.717) is 5.69 Å². The van der Waals surface area contributed by atoms with Gasteiger partial charge in [0.05, 0.1) is 11.2 Å². The van der Waals surface area contributed by atoms with Crippen LogP contribution in [0.1, 0.15) is 33.2 Å². The van der Waals surface area contributed by atoms with Gasteiger partial charge < -0.3 is 15.2 Å². The molecule has 1 fully saturated rings. The van der Waals surface area contributed by atoms with Crippen molar-refractivity contribution in [3.8, 4) is 0 Å². The molecule has 5 heteroatoms. The Morgan fingerprint density at radius 1 is 0.912 bits per heavy atom. The highest BCUT2D eigenvalue weighted by Gasteiger charge is 2.32. The Morgan fingerprint density at radius 2 is 1.62 bits per heavy atom. The minimum absolute atomic E-state index is 0.176. The zero-order valence-electron chi connectivity index (χ0n) is 19.3. The fourth-order valence-corrected chi connectivity index (χ4v) is 4.97. The van der Waals surface area contributed by atoms with Crippen molar-refractivity contribution in [2.45, 2.75) is 19.8 Å². The molecule has 0 atom stereocenters. The summed E-state index contributed by atoms with van der Waals surface area (Å²) < 4.78 is 0. The van der Waals surface area contributed by atoms with Crippen LogP contribution < -0.4 is 10.2 Å². The number of hydrogen-bond donors (Lipinski definition) is 2. The van der Waals surface area contributed by atoms with Crippen molar-refractivity contribution in [3.63, 3.8) is 0 Å². The van der Waals surface area contributed by atoms with Crippen LogP contribution >= 0.6 is 0 Å². The van der Waals surface area contributed by atoms with Gasteiger partial charge in [0.25, 0.3) is 5.91 Å². The lowest BCUT2D eigenvalue weighted by Gasteiger charge is -2.41. The first-order chi connectivity index (χ1) is 16.6. The molecule has 3 heterocycles. The number of pyridine rings is 1. The molecular weight excluding hydrogens is 420 g/mol. The predicted molar refractivity (Wildman–Crippen MR) is 139 cm³/mol. The largest absolute Gasteiger partial charge is 0.370 e. The van der Waals surface area contributed by atoms with Crippen molar-refractivity contribution in [1.29, 1.82) is 0 Å². The smallest absolute Gasteiger partial charge is 0.274 e. The lowest BCUT2D eigenvalue weighted by Crippen LogP contribution is -2.45. The minimum Gasteiger partial charge on any atom is -0.370 e. The van der Waals surface area contributed by atoms with Crippen LogP contribution in [0.2, 0.25) is 0 Å². The van der Waals surface area contributed by atoms with Gasteiger partial charge >= 0.3 is 0 Å². The maximum Gasteiger partial charge on any atom is 0.274 e. The number of aryl methyl sites for hydroxylation is 2. The molecule has 0 bridgehead atoms. The highest BCUT2D eigenvalue weighted by Crippen LogP contribution is 2.36. The summed E-state index contributed by atoms with van der Waals surface area (Å²) in [6.45, 7) is 5.78. The molecule has 6 rings (SSSR count). The lowest BCUT2D eigenvalue weighted by molar-refractivity contribution is 0.102. The Labute approximate surface area is 198 Å². The summed E-state index contributed by atoms with van der Waals surface area (Å²) in [5.74, 6) is 0.0776. The van der Waals surface area contributed by atoms with Gasteiger partial charge in [-0.1, -0.05) is 54.6 Å². The number of hydrogen-bond acceptors (Lipinski definition) is 3. The van der Waals surface area contributed by atoms with Gasteiger partial charge in [-0.25, -0.2) is 4.98 Å². The van der Waals surface area contributed by atoms with E-state index in [9.17, 15) is 4.79 Å². The third-order valence-electron chi connectivity index (χ3n) is 6.87. The van der Waals surface area contributed by atoms with Crippen molar-refractivity contribution in [2.24, 2.45) is 0 Å². The van der Waals surface area contributed by atoms with Crippen LogP contribution in [0.15, 0.2) is 78.9 Å². The van der Waals surface area contributed by atoms with Crippen molar-refractivity contribution in [1.82, 2.24) is 9.97 Å². The summed E-state index contributed by atoms with van der Waals surface area (Å²) in [6, 6.07) is 26.6. The third kappa shape index (κ3) is 3.41. The van der Waals surface area contributed by atoms with Crippen LogP contribution in [-0.2, 0) is 0 Å². The first kappa shape index (κ1) is 20.5. The van der Waals surface area contributed by atoms with E-state index in [-0.39, 0.29) is 11.8 Å². The van der Waals surface area contributed by atoms with Gasteiger partial charge in [-0.2, -0.15) is 0 Å². The standard InChI is InChI=1S/C29H26N4O/c1-18-9-8-10-19(2)26(18)32-29(34)25-15-23-22-13-6-7-14-24(22)30-28(23)27(31-25)20-16-33(17-20)21-11-4-3-5-12-21/h3-15,20,30H,16-17H2,1-2H3,(H,32,34). The Kier molecular flexibility index (Phi) is 4.84. The highest BCUT2D eigenvalue weighted by atomic mass is 16.1. The average molecular weight is 447 g/mol. The SMILES string of the molecule is Cc1cccc(C)c1NC(=O)c1cc2c([nH]c3ccccc32)c(C2CN(c3ccccc3)C2)n1. The fourth-order valence-electron chi connectivity index (χ4n) is 4.97. The molecule has 1 amide bonds. The average Bonchev–Trinajstić information content (AvgIpc) is 3.20. The van der Waals surface area contributed by atoms with Crippen LogP contribution in [-0.4, -0.2) is 29.0 Å². The van der Waals surface area contributed by atoms with Gasteiger partial charge in [-0.05, 0) is 49.2 Å². The number of amides is 1. The van der Waals surface area contributed by atoms with Crippen LogP contribution in [0.5, 0.6) is 0 Å². The van der Waals surface area contributed by atoms with Gasteiger partial charge in [0, 0.05) is 46.7 Å². The van der Waals surface area contributed by atoms with E-state index in [0.717, 1.165) is 57.4 Å². The first-order valence-corrected chi connectivity index (χ1v) is 11.7. The molecule has 0 saturated carbocycles. The molecule has 0 aliphatic carbocycles. The Morgan fingerprint density at radius 3 is 2.38 bits per heavy atom. The van der Waals surface area contributed by atoms with E-state index < -0.39 is 0 Å². The molecule has 0 unspecified atom stereocenters. The number of H-pyrrole nitrogens is 1. The maximum atomic E-state index is 13.4. The number of para-hydroxylation sites is 3. The second kappa shape index (κ2) is 8.03. The molecule has 5 aromatic rings. The van der Waals surface area contributed by atoms with E-state index in [1.165, 1.54) is 5.69 Å². The monoisotopic (exact) mass is 446 g/mol. The normalized spacial score (nSPS) is 13.9. The van der Waals surface area contributed by atoms with Crippen LogP contribution in [0.3, 0.4) is 0 Å². The van der Waals surface area contributed by atoms with Gasteiger partial charge in [0.2, 0.25) is 0 Å². The Hall–Kier alpha value is -4.12. The number of fused-ring (bicyclic) bond motifs is 3. The zero-order valence-corrected chi connectivity index (χ0v) is 19.3. The topological polar surface area (TPSA) is 61.0 Å². The number of nitrogens with one attached hydrogen (secondary N) is 2. The molecule has 0 spiro atoms. The summed E-state index contributed by atoms with van der Waals surface area (Å²) >= 11 is 0.